The summed E-state index contributed by atoms with van der Waals surface area (Å²) in [5, 5.41) is 19.6. The van der Waals surface area contributed by atoms with Gasteiger partial charge in [-0.25, -0.2) is 0 Å². The van der Waals surface area contributed by atoms with E-state index in [0.717, 1.165) is 32.1 Å². The number of rotatable bonds is 15. The van der Waals surface area contributed by atoms with Crippen molar-refractivity contribution in [2.45, 2.75) is 91.3 Å². The molecule has 0 aromatic heterocycles. The van der Waals surface area contributed by atoms with E-state index in [1.807, 2.05) is 0 Å². The molecule has 8 nitrogen and oxygen atoms in total. The summed E-state index contributed by atoms with van der Waals surface area (Å²) in [5.41, 5.74) is 0. The van der Waals surface area contributed by atoms with Crippen LogP contribution in [-0.4, -0.2) is 16.0 Å². The van der Waals surface area contributed by atoms with Gasteiger partial charge in [0.15, 0.2) is 0 Å². The molecule has 0 fully saturated rings. The standard InChI is InChI=1S/C16H32N2O6/c1-14(2)10-6-5-8-12-16(23-17(19)20,24-18(21)22)13-9-7-11-15(3)4/h14-15H,5-13H2,1-4H3. The molecule has 24 heavy (non-hydrogen) atoms. The van der Waals surface area contributed by atoms with E-state index in [-0.39, 0.29) is 12.8 Å². The van der Waals surface area contributed by atoms with Gasteiger partial charge in [-0.2, -0.15) is 0 Å². The summed E-state index contributed by atoms with van der Waals surface area (Å²) >= 11 is 0. The topological polar surface area (TPSA) is 105 Å². The van der Waals surface area contributed by atoms with Gasteiger partial charge in [-0.15, -0.1) is 20.2 Å². The lowest BCUT2D eigenvalue weighted by molar-refractivity contribution is -0.873. The van der Waals surface area contributed by atoms with Gasteiger partial charge in [0.1, 0.15) is 0 Å². The van der Waals surface area contributed by atoms with E-state index in [2.05, 4.69) is 37.4 Å². The van der Waals surface area contributed by atoms with Crippen molar-refractivity contribution >= 4 is 0 Å². The molecule has 0 rings (SSSR count). The second-order valence-corrected chi connectivity index (χ2v) is 7.17. The third-order valence-electron chi connectivity index (χ3n) is 3.91. The quantitative estimate of drug-likeness (QED) is 0.180. The SMILES string of the molecule is CC(C)CCCCCC(CCCCC(C)C)(O[N+](=O)[O-])O[N+](=O)[O-]. The van der Waals surface area contributed by atoms with Gasteiger partial charge in [-0.05, 0) is 24.7 Å². The van der Waals surface area contributed by atoms with Crippen molar-refractivity contribution in [3.05, 3.63) is 20.2 Å². The molecule has 0 amide bonds. The molecule has 0 aliphatic heterocycles. The highest BCUT2D eigenvalue weighted by atomic mass is 17.1. The molecule has 8 heteroatoms. The summed E-state index contributed by atoms with van der Waals surface area (Å²) in [6, 6.07) is 0. The minimum atomic E-state index is -1.78. The Labute approximate surface area is 144 Å². The van der Waals surface area contributed by atoms with Gasteiger partial charge < -0.3 is 0 Å². The van der Waals surface area contributed by atoms with Crippen molar-refractivity contribution in [1.29, 1.82) is 0 Å². The van der Waals surface area contributed by atoms with E-state index < -0.39 is 16.0 Å². The molecule has 0 N–H and O–H groups in total. The molecule has 0 aliphatic carbocycles. The first-order valence-electron chi connectivity index (χ1n) is 8.84. The fourth-order valence-electron chi connectivity index (χ4n) is 2.67. The van der Waals surface area contributed by atoms with Crippen LogP contribution in [0.1, 0.15) is 85.5 Å². The van der Waals surface area contributed by atoms with Crippen LogP contribution in [0.3, 0.4) is 0 Å². The summed E-state index contributed by atoms with van der Waals surface area (Å²) in [6.07, 6.45) is 6.15. The predicted octanol–water partition coefficient (Wildman–Crippen LogP) is 4.92. The first kappa shape index (κ1) is 22.4. The molecular formula is C16H32N2O6. The second kappa shape index (κ2) is 11.9. The Morgan fingerprint density at radius 1 is 0.750 bits per heavy atom. The molecule has 142 valence electrons. The van der Waals surface area contributed by atoms with E-state index >= 15 is 0 Å². The predicted molar refractivity (Wildman–Crippen MR) is 90.1 cm³/mol. The number of nitrogens with zero attached hydrogens (tertiary/aromatic N) is 2. The second-order valence-electron chi connectivity index (χ2n) is 7.17. The summed E-state index contributed by atoms with van der Waals surface area (Å²) in [5.74, 6) is -0.666. The maximum atomic E-state index is 10.8. The Morgan fingerprint density at radius 3 is 1.50 bits per heavy atom. The van der Waals surface area contributed by atoms with Gasteiger partial charge >= 0.3 is 0 Å². The van der Waals surface area contributed by atoms with Crippen molar-refractivity contribution in [2.75, 3.05) is 0 Å². The summed E-state index contributed by atoms with van der Waals surface area (Å²) in [4.78, 5) is 30.9. The Morgan fingerprint density at radius 2 is 1.12 bits per heavy atom. The zero-order valence-corrected chi connectivity index (χ0v) is 15.4. The van der Waals surface area contributed by atoms with Crippen molar-refractivity contribution in [3.63, 3.8) is 0 Å². The number of hydrogen-bond donors (Lipinski definition) is 0. The van der Waals surface area contributed by atoms with Gasteiger partial charge in [0, 0.05) is 12.8 Å². The molecule has 0 unspecified atom stereocenters. The normalized spacial score (nSPS) is 11.8. The molecule has 0 bridgehead atoms. The average molecular weight is 348 g/mol. The Balaban J connectivity index is 4.66. The van der Waals surface area contributed by atoms with Gasteiger partial charge in [-0.3, -0.25) is 9.68 Å². The van der Waals surface area contributed by atoms with Crippen LogP contribution in [0, 0.1) is 32.1 Å². The first-order chi connectivity index (χ1) is 11.2. The fraction of sp³-hybridized carbons (Fsp3) is 1.00. The minimum absolute atomic E-state index is 0.145. The molecule has 0 aliphatic rings. The summed E-state index contributed by atoms with van der Waals surface area (Å²) in [7, 11) is 0. The molecule has 0 saturated carbocycles. The summed E-state index contributed by atoms with van der Waals surface area (Å²) in [6.45, 7) is 8.43. The molecule has 0 spiro atoms. The zero-order valence-electron chi connectivity index (χ0n) is 15.4. The zero-order chi connectivity index (χ0) is 18.6. The van der Waals surface area contributed by atoms with Crippen molar-refractivity contribution < 1.29 is 19.8 Å². The largest absolute Gasteiger partial charge is 0.297 e. The van der Waals surface area contributed by atoms with E-state index in [4.69, 9.17) is 0 Å². The maximum absolute atomic E-state index is 10.8. The summed E-state index contributed by atoms with van der Waals surface area (Å²) < 4.78 is 0. The van der Waals surface area contributed by atoms with Crippen LogP contribution < -0.4 is 0 Å². The Kier molecular flexibility index (Phi) is 11.1. The average Bonchev–Trinajstić information content (AvgIpc) is 2.41. The molecule has 0 saturated heterocycles. The highest BCUT2D eigenvalue weighted by molar-refractivity contribution is 4.68. The van der Waals surface area contributed by atoms with E-state index in [9.17, 15) is 20.2 Å². The lowest BCUT2D eigenvalue weighted by Crippen LogP contribution is -2.40. The van der Waals surface area contributed by atoms with Crippen LogP contribution in [0.2, 0.25) is 0 Å². The van der Waals surface area contributed by atoms with Gasteiger partial charge in [0.25, 0.3) is 16.0 Å². The smallest absolute Gasteiger partial charge is 0.279 e. The van der Waals surface area contributed by atoms with Crippen LogP contribution in [0.15, 0.2) is 0 Å². The maximum Gasteiger partial charge on any atom is 0.297 e. The molecule has 0 heterocycles. The molecule has 0 aromatic rings. The van der Waals surface area contributed by atoms with Gasteiger partial charge in [0.2, 0.25) is 0 Å². The van der Waals surface area contributed by atoms with Gasteiger partial charge in [0.05, 0.1) is 0 Å². The van der Waals surface area contributed by atoms with E-state index in [0.29, 0.717) is 24.7 Å². The third kappa shape index (κ3) is 11.9. The lowest BCUT2D eigenvalue weighted by Gasteiger charge is -2.29. The lowest BCUT2D eigenvalue weighted by atomic mass is 9.97. The van der Waals surface area contributed by atoms with Crippen molar-refractivity contribution in [2.24, 2.45) is 11.8 Å². The van der Waals surface area contributed by atoms with Crippen LogP contribution in [0.4, 0.5) is 0 Å². The molecule has 0 radical (unpaired) electrons. The highest BCUT2D eigenvalue weighted by Crippen LogP contribution is 2.29. The van der Waals surface area contributed by atoms with Crippen LogP contribution in [0.25, 0.3) is 0 Å². The van der Waals surface area contributed by atoms with Gasteiger partial charge in [-0.1, -0.05) is 59.8 Å². The van der Waals surface area contributed by atoms with Crippen molar-refractivity contribution in [3.8, 4) is 0 Å². The van der Waals surface area contributed by atoms with Crippen LogP contribution in [-0.2, 0) is 9.68 Å². The molecule has 0 atom stereocenters. The fourth-order valence-corrected chi connectivity index (χ4v) is 2.67. The van der Waals surface area contributed by atoms with E-state index in [1.54, 1.807) is 0 Å². The molecular weight excluding hydrogens is 316 g/mol. The Bertz CT molecular complexity index is 358. The highest BCUT2D eigenvalue weighted by Gasteiger charge is 2.38. The Hall–Kier alpha value is -1.60. The first-order valence-corrected chi connectivity index (χ1v) is 8.84. The molecule has 0 aromatic carbocycles. The monoisotopic (exact) mass is 348 g/mol. The van der Waals surface area contributed by atoms with Crippen LogP contribution >= 0.6 is 0 Å². The number of hydrogen-bond acceptors (Lipinski definition) is 6. The van der Waals surface area contributed by atoms with Crippen molar-refractivity contribution in [1.82, 2.24) is 0 Å². The number of unbranched alkanes of at least 4 members (excludes halogenated alkanes) is 3. The third-order valence-corrected chi connectivity index (χ3v) is 3.91. The van der Waals surface area contributed by atoms with Crippen LogP contribution in [0.5, 0.6) is 0 Å². The van der Waals surface area contributed by atoms with E-state index in [1.165, 1.54) is 0 Å². The minimum Gasteiger partial charge on any atom is -0.279 e.